The summed E-state index contributed by atoms with van der Waals surface area (Å²) in [7, 11) is 0. The van der Waals surface area contributed by atoms with Crippen LogP contribution in [0.2, 0.25) is 0 Å². The maximum absolute atomic E-state index is 11.7. The van der Waals surface area contributed by atoms with Crippen LogP contribution in [0, 0.1) is 17.8 Å². The third-order valence-electron chi connectivity index (χ3n) is 3.11. The van der Waals surface area contributed by atoms with Crippen molar-refractivity contribution in [2.45, 2.75) is 32.4 Å². The van der Waals surface area contributed by atoms with Crippen molar-refractivity contribution in [2.24, 2.45) is 5.92 Å². The maximum atomic E-state index is 11.7. The minimum absolute atomic E-state index is 0.0435. The first kappa shape index (κ1) is 9.54. The minimum Gasteiger partial charge on any atom is -0.379 e. The van der Waals surface area contributed by atoms with Crippen molar-refractivity contribution < 1.29 is 9.53 Å². The molecule has 0 aromatic heterocycles. The van der Waals surface area contributed by atoms with E-state index in [0.717, 1.165) is 13.0 Å². The molecule has 2 aliphatic rings. The van der Waals surface area contributed by atoms with Crippen molar-refractivity contribution in [3.63, 3.8) is 0 Å². The first-order valence-corrected chi connectivity index (χ1v) is 5.07. The van der Waals surface area contributed by atoms with Crippen molar-refractivity contribution >= 4 is 5.91 Å². The van der Waals surface area contributed by atoms with Gasteiger partial charge in [0.1, 0.15) is 0 Å². The Labute approximate surface area is 84.4 Å². The van der Waals surface area contributed by atoms with E-state index in [1.54, 1.807) is 6.92 Å². The third kappa shape index (κ3) is 1.40. The number of carbonyl (C=O) groups excluding carboxylic acids is 1. The van der Waals surface area contributed by atoms with E-state index in [4.69, 9.17) is 4.74 Å². The molecule has 0 aromatic rings. The van der Waals surface area contributed by atoms with E-state index in [9.17, 15) is 4.79 Å². The molecular weight excluding hydrogens is 178 g/mol. The number of carbonyl (C=O) groups is 1. The second kappa shape index (κ2) is 3.62. The second-order valence-electron chi connectivity index (χ2n) is 4.04. The summed E-state index contributed by atoms with van der Waals surface area (Å²) in [5.41, 5.74) is 0. The topological polar surface area (TPSA) is 29.5 Å². The summed E-state index contributed by atoms with van der Waals surface area (Å²) < 4.78 is 5.38. The van der Waals surface area contributed by atoms with Crippen LogP contribution in [-0.2, 0) is 9.53 Å². The normalized spacial score (nSPS) is 35.0. The summed E-state index contributed by atoms with van der Waals surface area (Å²) in [6.07, 6.45) is 1.06. The van der Waals surface area contributed by atoms with Crippen molar-refractivity contribution in [3.8, 4) is 11.8 Å². The van der Waals surface area contributed by atoms with Gasteiger partial charge in [-0.2, -0.15) is 0 Å². The number of hydrogen-bond acceptors (Lipinski definition) is 2. The van der Waals surface area contributed by atoms with Gasteiger partial charge in [0.25, 0.3) is 5.91 Å². The highest BCUT2D eigenvalue weighted by Crippen LogP contribution is 2.33. The highest BCUT2D eigenvalue weighted by Gasteiger charge is 2.44. The third-order valence-corrected chi connectivity index (χ3v) is 3.11. The number of ether oxygens (including phenoxy) is 1. The second-order valence-corrected chi connectivity index (χ2v) is 4.04. The van der Waals surface area contributed by atoms with Crippen molar-refractivity contribution in [3.05, 3.63) is 0 Å². The van der Waals surface area contributed by atoms with Crippen LogP contribution in [0.15, 0.2) is 0 Å². The lowest BCUT2D eigenvalue weighted by Gasteiger charge is -2.24. The molecule has 0 radical (unpaired) electrons. The molecule has 2 heterocycles. The monoisotopic (exact) mass is 193 g/mol. The van der Waals surface area contributed by atoms with Gasteiger partial charge < -0.3 is 9.64 Å². The highest BCUT2D eigenvalue weighted by molar-refractivity contribution is 5.94. The van der Waals surface area contributed by atoms with Crippen LogP contribution < -0.4 is 0 Å². The molecule has 2 rings (SSSR count). The largest absolute Gasteiger partial charge is 0.379 e. The summed E-state index contributed by atoms with van der Waals surface area (Å²) in [4.78, 5) is 13.6. The summed E-state index contributed by atoms with van der Waals surface area (Å²) in [6, 6.07) is 0.598. The molecule has 2 aliphatic heterocycles. The van der Waals surface area contributed by atoms with E-state index in [2.05, 4.69) is 18.8 Å². The Morgan fingerprint density at radius 3 is 3.00 bits per heavy atom. The van der Waals surface area contributed by atoms with Crippen LogP contribution in [0.25, 0.3) is 0 Å². The molecule has 3 atom stereocenters. The molecule has 3 heteroatoms. The van der Waals surface area contributed by atoms with Crippen LogP contribution in [0.5, 0.6) is 0 Å². The number of nitrogens with zero attached hydrogens (tertiary/aromatic N) is 1. The Kier molecular flexibility index (Phi) is 2.47. The zero-order chi connectivity index (χ0) is 10.1. The van der Waals surface area contributed by atoms with Gasteiger partial charge in [-0.05, 0) is 26.2 Å². The fourth-order valence-corrected chi connectivity index (χ4v) is 2.52. The molecule has 1 amide bonds. The molecule has 76 valence electrons. The maximum Gasteiger partial charge on any atom is 0.299 e. The predicted molar refractivity (Wildman–Crippen MR) is 52.5 cm³/mol. The lowest BCUT2D eigenvalue weighted by Crippen LogP contribution is -2.41. The van der Waals surface area contributed by atoms with Gasteiger partial charge in [0.15, 0.2) is 0 Å². The molecule has 0 aromatic carbocycles. The van der Waals surface area contributed by atoms with Gasteiger partial charge in [0.05, 0.1) is 19.3 Å². The molecule has 3 nitrogen and oxygen atoms in total. The van der Waals surface area contributed by atoms with Crippen molar-refractivity contribution in [1.82, 2.24) is 4.90 Å². The van der Waals surface area contributed by atoms with Crippen molar-refractivity contribution in [2.75, 3.05) is 13.2 Å². The number of rotatable bonds is 0. The molecule has 0 unspecified atom stereocenters. The first-order valence-electron chi connectivity index (χ1n) is 5.07. The summed E-state index contributed by atoms with van der Waals surface area (Å²) in [5, 5.41) is 0. The fourth-order valence-electron chi connectivity index (χ4n) is 2.52. The zero-order valence-corrected chi connectivity index (χ0v) is 8.62. The Balaban J connectivity index is 2.15. The Hall–Kier alpha value is -1.01. The summed E-state index contributed by atoms with van der Waals surface area (Å²) >= 11 is 0. The standard InChI is InChI=1S/C11H15NO2/c1-3-4-11(13)12-8(2)5-9-6-14-7-10(9)12/h8-10H,5-7H2,1-2H3/t8-,9+,10-/m1/s1. The number of likely N-dealkylation sites (tertiary alicyclic amines) is 1. The number of amides is 1. The molecule has 0 bridgehead atoms. The van der Waals surface area contributed by atoms with Gasteiger partial charge in [-0.3, -0.25) is 4.79 Å². The number of fused-ring (bicyclic) bond motifs is 1. The molecule has 0 spiro atoms. The van der Waals surface area contributed by atoms with Gasteiger partial charge >= 0.3 is 0 Å². The minimum atomic E-state index is -0.0435. The van der Waals surface area contributed by atoms with Crippen molar-refractivity contribution in [1.29, 1.82) is 0 Å². The van der Waals surface area contributed by atoms with Gasteiger partial charge in [-0.1, -0.05) is 5.92 Å². The van der Waals surface area contributed by atoms with E-state index >= 15 is 0 Å². The van der Waals surface area contributed by atoms with E-state index in [1.165, 1.54) is 0 Å². The molecule has 0 aliphatic carbocycles. The quantitative estimate of drug-likeness (QED) is 0.528. The fraction of sp³-hybridized carbons (Fsp3) is 0.727. The van der Waals surface area contributed by atoms with E-state index < -0.39 is 0 Å². The Bertz CT molecular complexity index is 302. The molecular formula is C11H15NO2. The smallest absolute Gasteiger partial charge is 0.299 e. The van der Waals surface area contributed by atoms with Crippen LogP contribution in [0.4, 0.5) is 0 Å². The summed E-state index contributed by atoms with van der Waals surface area (Å²) in [6.45, 7) is 5.28. The van der Waals surface area contributed by atoms with Gasteiger partial charge in [-0.25, -0.2) is 0 Å². The first-order chi connectivity index (χ1) is 6.74. The lowest BCUT2D eigenvalue weighted by atomic mass is 10.0. The van der Waals surface area contributed by atoms with Crippen LogP contribution in [0.3, 0.4) is 0 Å². The SMILES string of the molecule is CC#CC(=O)N1[C@H](C)C[C@H]2COC[C@H]21. The van der Waals surface area contributed by atoms with E-state index in [-0.39, 0.29) is 11.9 Å². The highest BCUT2D eigenvalue weighted by atomic mass is 16.5. The Morgan fingerprint density at radius 1 is 1.50 bits per heavy atom. The lowest BCUT2D eigenvalue weighted by molar-refractivity contribution is -0.128. The average Bonchev–Trinajstić information content (AvgIpc) is 2.63. The van der Waals surface area contributed by atoms with Crippen LogP contribution in [0.1, 0.15) is 20.3 Å². The summed E-state index contributed by atoms with van der Waals surface area (Å²) in [5.74, 6) is 5.77. The van der Waals surface area contributed by atoms with Gasteiger partial charge in [-0.15, -0.1) is 0 Å². The zero-order valence-electron chi connectivity index (χ0n) is 8.62. The van der Waals surface area contributed by atoms with Gasteiger partial charge in [0, 0.05) is 12.0 Å². The molecule has 2 saturated heterocycles. The van der Waals surface area contributed by atoms with E-state index in [1.807, 2.05) is 4.90 Å². The Morgan fingerprint density at radius 2 is 2.29 bits per heavy atom. The van der Waals surface area contributed by atoms with Crippen LogP contribution in [-0.4, -0.2) is 36.1 Å². The number of hydrogen-bond donors (Lipinski definition) is 0. The van der Waals surface area contributed by atoms with Crippen LogP contribution >= 0.6 is 0 Å². The molecule has 0 saturated carbocycles. The molecule has 14 heavy (non-hydrogen) atoms. The van der Waals surface area contributed by atoms with E-state index in [0.29, 0.717) is 18.6 Å². The average molecular weight is 193 g/mol. The molecule has 2 fully saturated rings. The van der Waals surface area contributed by atoms with Gasteiger partial charge in [0.2, 0.25) is 0 Å². The molecule has 0 N–H and O–H groups in total. The predicted octanol–water partition coefficient (Wildman–Crippen LogP) is 0.645.